The fourth-order valence-corrected chi connectivity index (χ4v) is 4.75. The maximum atomic E-state index is 5.51. The van der Waals surface area contributed by atoms with Crippen LogP contribution in [0, 0.1) is 0 Å². The number of benzene rings is 2. The number of piperidine rings is 1. The molecule has 1 fully saturated rings. The fraction of sp³-hybridized carbons (Fsp3) is 0.375. The molecular formula is C24H27N3O. The van der Waals surface area contributed by atoms with Gasteiger partial charge in [0.2, 0.25) is 0 Å². The van der Waals surface area contributed by atoms with E-state index >= 15 is 0 Å². The van der Waals surface area contributed by atoms with Crippen LogP contribution in [0.4, 0.5) is 0 Å². The van der Waals surface area contributed by atoms with Gasteiger partial charge in [-0.1, -0.05) is 35.5 Å². The smallest absolute Gasteiger partial charge is 0.167 e. The van der Waals surface area contributed by atoms with Crippen molar-refractivity contribution in [1.29, 1.82) is 0 Å². The standard InChI is InChI=1S/C24H27N3O/c1-26-17-19(20-8-2-4-10-22(20)26)7-6-14-27-15-12-18(13-16-27)24-21-9-3-5-11-23(21)28-25-24/h2-5,8-11,17-18H,6-7,12-16H2,1H3. The molecule has 28 heavy (non-hydrogen) atoms. The highest BCUT2D eigenvalue weighted by molar-refractivity contribution is 5.83. The summed E-state index contributed by atoms with van der Waals surface area (Å²) >= 11 is 0. The number of aromatic nitrogens is 2. The van der Waals surface area contributed by atoms with Crippen molar-refractivity contribution in [1.82, 2.24) is 14.6 Å². The number of likely N-dealkylation sites (tertiary alicyclic amines) is 1. The first-order valence-corrected chi connectivity index (χ1v) is 10.4. The number of hydrogen-bond donors (Lipinski definition) is 0. The molecule has 0 spiro atoms. The lowest BCUT2D eigenvalue weighted by atomic mass is 9.91. The zero-order chi connectivity index (χ0) is 18.9. The second-order valence-electron chi connectivity index (χ2n) is 8.07. The molecule has 1 aliphatic rings. The van der Waals surface area contributed by atoms with Gasteiger partial charge in [-0.2, -0.15) is 0 Å². The highest BCUT2D eigenvalue weighted by atomic mass is 16.5. The molecule has 0 aliphatic carbocycles. The van der Waals surface area contributed by atoms with E-state index in [1.807, 2.05) is 12.1 Å². The van der Waals surface area contributed by atoms with Crippen molar-refractivity contribution in [3.05, 3.63) is 66.0 Å². The lowest BCUT2D eigenvalue weighted by Gasteiger charge is -2.31. The Labute approximate surface area is 165 Å². The van der Waals surface area contributed by atoms with E-state index in [2.05, 4.69) is 64.3 Å². The number of aryl methyl sites for hydroxylation is 2. The predicted molar refractivity (Wildman–Crippen MR) is 114 cm³/mol. The summed E-state index contributed by atoms with van der Waals surface area (Å²) < 4.78 is 7.76. The Morgan fingerprint density at radius 3 is 2.61 bits per heavy atom. The monoisotopic (exact) mass is 373 g/mol. The first-order valence-electron chi connectivity index (χ1n) is 10.4. The van der Waals surface area contributed by atoms with Crippen LogP contribution in [-0.2, 0) is 13.5 Å². The highest BCUT2D eigenvalue weighted by Crippen LogP contribution is 2.32. The lowest BCUT2D eigenvalue weighted by Crippen LogP contribution is -2.34. The quantitative estimate of drug-likeness (QED) is 0.486. The summed E-state index contributed by atoms with van der Waals surface area (Å²) in [6.45, 7) is 3.48. The largest absolute Gasteiger partial charge is 0.356 e. The molecule has 1 aliphatic heterocycles. The van der Waals surface area contributed by atoms with Gasteiger partial charge in [0.1, 0.15) is 0 Å². The minimum absolute atomic E-state index is 0.526. The summed E-state index contributed by atoms with van der Waals surface area (Å²) in [6, 6.07) is 16.9. The van der Waals surface area contributed by atoms with Crippen LogP contribution < -0.4 is 0 Å². The molecule has 4 nitrogen and oxygen atoms in total. The average molecular weight is 374 g/mol. The van der Waals surface area contributed by atoms with Crippen LogP contribution in [0.5, 0.6) is 0 Å². The molecule has 0 unspecified atom stereocenters. The average Bonchev–Trinajstić information content (AvgIpc) is 3.31. The van der Waals surface area contributed by atoms with E-state index < -0.39 is 0 Å². The molecule has 1 saturated heterocycles. The Balaban J connectivity index is 1.17. The first kappa shape index (κ1) is 17.5. The molecule has 0 amide bonds. The number of fused-ring (bicyclic) bond motifs is 2. The topological polar surface area (TPSA) is 34.2 Å². The molecule has 0 radical (unpaired) electrons. The zero-order valence-corrected chi connectivity index (χ0v) is 16.5. The second-order valence-corrected chi connectivity index (χ2v) is 8.07. The molecule has 4 aromatic rings. The van der Waals surface area contributed by atoms with Gasteiger partial charge in [0.15, 0.2) is 5.58 Å². The summed E-state index contributed by atoms with van der Waals surface area (Å²) in [6.07, 6.45) is 7.00. The summed E-state index contributed by atoms with van der Waals surface area (Å²) in [5.74, 6) is 0.526. The molecule has 0 bridgehead atoms. The zero-order valence-electron chi connectivity index (χ0n) is 16.5. The Kier molecular flexibility index (Phi) is 4.65. The third-order valence-electron chi connectivity index (χ3n) is 6.28. The molecule has 2 aromatic heterocycles. The van der Waals surface area contributed by atoms with E-state index in [0.29, 0.717) is 5.92 Å². The summed E-state index contributed by atoms with van der Waals surface area (Å²) in [5, 5.41) is 6.98. The highest BCUT2D eigenvalue weighted by Gasteiger charge is 2.24. The molecule has 4 heteroatoms. The number of rotatable bonds is 5. The third-order valence-corrected chi connectivity index (χ3v) is 6.28. The van der Waals surface area contributed by atoms with Crippen LogP contribution in [0.2, 0.25) is 0 Å². The molecule has 2 aromatic carbocycles. The minimum atomic E-state index is 0.526. The molecule has 0 N–H and O–H groups in total. The Bertz CT molecular complexity index is 1090. The van der Waals surface area contributed by atoms with Crippen molar-refractivity contribution in [3.63, 3.8) is 0 Å². The van der Waals surface area contributed by atoms with Crippen LogP contribution in [0.25, 0.3) is 21.9 Å². The number of hydrogen-bond acceptors (Lipinski definition) is 3. The Morgan fingerprint density at radius 2 is 1.75 bits per heavy atom. The van der Waals surface area contributed by atoms with Crippen molar-refractivity contribution in [3.8, 4) is 0 Å². The molecule has 0 atom stereocenters. The van der Waals surface area contributed by atoms with E-state index in [0.717, 1.165) is 30.8 Å². The maximum Gasteiger partial charge on any atom is 0.167 e. The van der Waals surface area contributed by atoms with Gasteiger partial charge in [0, 0.05) is 35.5 Å². The molecule has 5 rings (SSSR count). The summed E-state index contributed by atoms with van der Waals surface area (Å²) in [4.78, 5) is 2.61. The second kappa shape index (κ2) is 7.44. The number of nitrogens with zero attached hydrogens (tertiary/aromatic N) is 3. The van der Waals surface area contributed by atoms with Crippen molar-refractivity contribution in [2.75, 3.05) is 19.6 Å². The van der Waals surface area contributed by atoms with Crippen molar-refractivity contribution in [2.45, 2.75) is 31.6 Å². The van der Waals surface area contributed by atoms with Gasteiger partial charge in [-0.15, -0.1) is 0 Å². The molecule has 3 heterocycles. The number of para-hydroxylation sites is 2. The van der Waals surface area contributed by atoms with Crippen LogP contribution in [0.3, 0.4) is 0 Å². The Morgan fingerprint density at radius 1 is 1.00 bits per heavy atom. The third kappa shape index (κ3) is 3.22. The first-order chi connectivity index (χ1) is 13.8. The van der Waals surface area contributed by atoms with Crippen molar-refractivity contribution >= 4 is 21.9 Å². The molecule has 0 saturated carbocycles. The fourth-order valence-electron chi connectivity index (χ4n) is 4.75. The van der Waals surface area contributed by atoms with Gasteiger partial charge in [-0.3, -0.25) is 0 Å². The minimum Gasteiger partial charge on any atom is -0.356 e. The SMILES string of the molecule is Cn1cc(CCCN2CCC(c3noc4ccccc34)CC2)c2ccccc21. The Hall–Kier alpha value is -2.59. The summed E-state index contributed by atoms with van der Waals surface area (Å²) in [7, 11) is 2.14. The maximum absolute atomic E-state index is 5.51. The van der Waals surface area contributed by atoms with Crippen molar-refractivity contribution < 1.29 is 4.52 Å². The molecular weight excluding hydrogens is 346 g/mol. The van der Waals surface area contributed by atoms with Gasteiger partial charge in [-0.25, -0.2) is 0 Å². The van der Waals surface area contributed by atoms with Gasteiger partial charge >= 0.3 is 0 Å². The van der Waals surface area contributed by atoms with E-state index in [4.69, 9.17) is 4.52 Å². The van der Waals surface area contributed by atoms with Crippen LogP contribution in [0.15, 0.2) is 59.3 Å². The van der Waals surface area contributed by atoms with Gasteiger partial charge in [-0.05, 0) is 69.1 Å². The normalized spacial score (nSPS) is 16.3. The molecule has 144 valence electrons. The van der Waals surface area contributed by atoms with Gasteiger partial charge in [0.25, 0.3) is 0 Å². The van der Waals surface area contributed by atoms with Crippen LogP contribution >= 0.6 is 0 Å². The van der Waals surface area contributed by atoms with E-state index in [9.17, 15) is 0 Å². The van der Waals surface area contributed by atoms with Crippen LogP contribution in [-0.4, -0.2) is 34.3 Å². The van der Waals surface area contributed by atoms with Crippen LogP contribution in [0.1, 0.15) is 36.4 Å². The predicted octanol–water partition coefficient (Wildman–Crippen LogP) is 5.13. The lowest BCUT2D eigenvalue weighted by molar-refractivity contribution is 0.207. The van der Waals surface area contributed by atoms with Crippen molar-refractivity contribution in [2.24, 2.45) is 7.05 Å². The van der Waals surface area contributed by atoms with Gasteiger partial charge in [0.05, 0.1) is 5.69 Å². The summed E-state index contributed by atoms with van der Waals surface area (Å²) in [5.41, 5.74) is 4.88. The van der Waals surface area contributed by atoms with E-state index in [1.54, 1.807) is 0 Å². The van der Waals surface area contributed by atoms with E-state index in [-0.39, 0.29) is 0 Å². The van der Waals surface area contributed by atoms with Gasteiger partial charge < -0.3 is 14.0 Å². The van der Waals surface area contributed by atoms with E-state index in [1.165, 1.54) is 47.7 Å².